The van der Waals surface area contributed by atoms with Crippen LogP contribution in [-0.4, -0.2) is 73.7 Å². The maximum atomic E-state index is 13.1. The Balaban J connectivity index is 1.41. The molecule has 1 aliphatic rings. The van der Waals surface area contributed by atoms with Crippen LogP contribution in [0.15, 0.2) is 47.4 Å². The largest absolute Gasteiger partial charge is 0.492 e. The molecule has 0 radical (unpaired) electrons. The third-order valence-electron chi connectivity index (χ3n) is 6.52. The Labute approximate surface area is 234 Å². The molecule has 1 aromatic heterocycles. The number of para-hydroxylation sites is 2. The van der Waals surface area contributed by atoms with Crippen LogP contribution in [-0.2, 0) is 42.1 Å². The van der Waals surface area contributed by atoms with E-state index in [4.69, 9.17) is 14.2 Å². The summed E-state index contributed by atoms with van der Waals surface area (Å²) in [4.78, 5) is 29.7. The molecular formula is C28H36N4O7S. The molecule has 11 nitrogen and oxygen atoms in total. The Morgan fingerprint density at radius 2 is 1.88 bits per heavy atom. The standard InChI is InChI=1S/C28H36N4O7S/c1-3-5-14-32-24-11-10-21(40(35,36)31-15-17-37-18-16-31)19-23(24)29-26(32)12-13-28(34)39-20-27(33)30-22-8-6-7-9-25(22)38-4-2/h6-11,19H,3-5,12-18,20H2,1-2H3,(H,30,33). The predicted molar refractivity (Wildman–Crippen MR) is 150 cm³/mol. The summed E-state index contributed by atoms with van der Waals surface area (Å²) in [6.07, 6.45) is 2.18. The van der Waals surface area contributed by atoms with Crippen LogP contribution < -0.4 is 10.1 Å². The molecule has 2 heterocycles. The lowest BCUT2D eigenvalue weighted by atomic mass is 10.2. The number of ether oxygens (including phenoxy) is 3. The second-order valence-electron chi connectivity index (χ2n) is 9.34. The van der Waals surface area contributed by atoms with Gasteiger partial charge in [-0.1, -0.05) is 25.5 Å². The molecule has 12 heteroatoms. The van der Waals surface area contributed by atoms with Crippen molar-refractivity contribution in [2.45, 2.75) is 51.0 Å². The van der Waals surface area contributed by atoms with Gasteiger partial charge in [-0.2, -0.15) is 4.31 Å². The highest BCUT2D eigenvalue weighted by Gasteiger charge is 2.27. The zero-order valence-corrected chi connectivity index (χ0v) is 23.7. The number of carbonyl (C=O) groups is 2. The van der Waals surface area contributed by atoms with Crippen LogP contribution in [0, 0.1) is 0 Å². The number of amides is 1. The molecule has 0 aliphatic carbocycles. The SMILES string of the molecule is CCCCn1c(CCC(=O)OCC(=O)Nc2ccccc2OCC)nc2cc(S(=O)(=O)N3CCOCC3)ccc21. The smallest absolute Gasteiger partial charge is 0.306 e. The van der Waals surface area contributed by atoms with Crippen molar-refractivity contribution in [1.29, 1.82) is 0 Å². The number of aryl methyl sites for hydroxylation is 2. The average Bonchev–Trinajstić information content (AvgIpc) is 3.32. The molecule has 40 heavy (non-hydrogen) atoms. The van der Waals surface area contributed by atoms with Crippen molar-refractivity contribution < 1.29 is 32.2 Å². The zero-order valence-electron chi connectivity index (χ0n) is 22.9. The summed E-state index contributed by atoms with van der Waals surface area (Å²) < 4.78 is 45.7. The Morgan fingerprint density at radius 3 is 2.62 bits per heavy atom. The number of aromatic nitrogens is 2. The van der Waals surface area contributed by atoms with E-state index in [1.807, 2.05) is 11.5 Å². The van der Waals surface area contributed by atoms with Crippen LogP contribution >= 0.6 is 0 Å². The predicted octanol–water partition coefficient (Wildman–Crippen LogP) is 3.37. The summed E-state index contributed by atoms with van der Waals surface area (Å²) in [5, 5.41) is 2.70. The van der Waals surface area contributed by atoms with Gasteiger partial charge in [0.1, 0.15) is 11.6 Å². The van der Waals surface area contributed by atoms with E-state index < -0.39 is 28.5 Å². The monoisotopic (exact) mass is 572 g/mol. The average molecular weight is 573 g/mol. The van der Waals surface area contributed by atoms with E-state index in [0.29, 0.717) is 62.2 Å². The number of benzene rings is 2. The summed E-state index contributed by atoms with van der Waals surface area (Å²) >= 11 is 0. The lowest BCUT2D eigenvalue weighted by molar-refractivity contribution is -0.147. The molecule has 4 rings (SSSR count). The van der Waals surface area contributed by atoms with E-state index in [1.165, 1.54) is 4.31 Å². The van der Waals surface area contributed by atoms with E-state index in [2.05, 4.69) is 17.2 Å². The molecule has 216 valence electrons. The molecule has 0 unspecified atom stereocenters. The molecule has 1 saturated heterocycles. The van der Waals surface area contributed by atoms with Gasteiger partial charge in [0, 0.05) is 26.1 Å². The van der Waals surface area contributed by atoms with Crippen LogP contribution in [0.25, 0.3) is 11.0 Å². The van der Waals surface area contributed by atoms with Crippen molar-refractivity contribution in [3.05, 3.63) is 48.3 Å². The lowest BCUT2D eigenvalue weighted by Gasteiger charge is -2.26. The maximum Gasteiger partial charge on any atom is 0.306 e. The fraction of sp³-hybridized carbons (Fsp3) is 0.464. The first-order valence-corrected chi connectivity index (χ1v) is 15.0. The number of morpholine rings is 1. The first-order chi connectivity index (χ1) is 19.3. The molecule has 2 aromatic carbocycles. The number of anilines is 1. The first-order valence-electron chi connectivity index (χ1n) is 13.6. The van der Waals surface area contributed by atoms with E-state index in [0.717, 1.165) is 18.4 Å². The second-order valence-corrected chi connectivity index (χ2v) is 11.3. The molecule has 1 N–H and O–H groups in total. The van der Waals surface area contributed by atoms with Gasteiger partial charge in [-0.15, -0.1) is 0 Å². The van der Waals surface area contributed by atoms with Crippen molar-refractivity contribution in [3.63, 3.8) is 0 Å². The summed E-state index contributed by atoms with van der Waals surface area (Å²) in [5.74, 6) is 0.204. The Bertz CT molecular complexity index is 1430. The van der Waals surface area contributed by atoms with Gasteiger partial charge in [0.05, 0.1) is 47.9 Å². The van der Waals surface area contributed by atoms with Gasteiger partial charge in [-0.05, 0) is 43.7 Å². The number of imidazole rings is 1. The summed E-state index contributed by atoms with van der Waals surface area (Å²) in [7, 11) is -3.66. The van der Waals surface area contributed by atoms with Crippen molar-refractivity contribution in [2.75, 3.05) is 44.8 Å². The fourth-order valence-electron chi connectivity index (χ4n) is 4.48. The quantitative estimate of drug-likeness (QED) is 0.309. The maximum absolute atomic E-state index is 13.1. The molecule has 3 aromatic rings. The minimum absolute atomic E-state index is 0.0250. The molecule has 0 spiro atoms. The molecule has 0 saturated carbocycles. The summed E-state index contributed by atoms with van der Waals surface area (Å²) in [6, 6.07) is 12.0. The van der Waals surface area contributed by atoms with Crippen molar-refractivity contribution >= 4 is 38.6 Å². The molecule has 0 bridgehead atoms. The Hall–Kier alpha value is -3.48. The minimum atomic E-state index is -3.66. The fourth-order valence-corrected chi connectivity index (χ4v) is 5.91. The number of esters is 1. The number of hydrogen-bond acceptors (Lipinski definition) is 8. The van der Waals surface area contributed by atoms with Crippen LogP contribution in [0.5, 0.6) is 5.75 Å². The number of nitrogens with one attached hydrogen (secondary N) is 1. The van der Waals surface area contributed by atoms with Crippen LogP contribution in [0.4, 0.5) is 5.69 Å². The highest BCUT2D eigenvalue weighted by atomic mass is 32.2. The van der Waals surface area contributed by atoms with Crippen molar-refractivity contribution in [2.24, 2.45) is 0 Å². The number of fused-ring (bicyclic) bond motifs is 1. The zero-order chi connectivity index (χ0) is 28.5. The number of unbranched alkanes of at least 4 members (excludes halogenated alkanes) is 1. The number of rotatable bonds is 13. The number of carbonyl (C=O) groups excluding carboxylic acids is 2. The molecule has 1 fully saturated rings. The van der Waals surface area contributed by atoms with Gasteiger partial charge in [-0.25, -0.2) is 13.4 Å². The molecule has 0 atom stereocenters. The van der Waals surface area contributed by atoms with Crippen molar-refractivity contribution in [3.8, 4) is 5.75 Å². The third-order valence-corrected chi connectivity index (χ3v) is 8.41. The van der Waals surface area contributed by atoms with Gasteiger partial charge in [-0.3, -0.25) is 9.59 Å². The van der Waals surface area contributed by atoms with Crippen LogP contribution in [0.2, 0.25) is 0 Å². The highest BCUT2D eigenvalue weighted by Crippen LogP contribution is 2.25. The van der Waals surface area contributed by atoms with Gasteiger partial charge in [0.25, 0.3) is 5.91 Å². The number of sulfonamides is 1. The molecule has 1 aliphatic heterocycles. The number of hydrogen-bond donors (Lipinski definition) is 1. The summed E-state index contributed by atoms with van der Waals surface area (Å²) in [5.41, 5.74) is 1.87. The van der Waals surface area contributed by atoms with Gasteiger partial charge in [0.2, 0.25) is 10.0 Å². The third kappa shape index (κ3) is 7.18. The van der Waals surface area contributed by atoms with E-state index in [-0.39, 0.29) is 17.7 Å². The number of nitrogens with zero attached hydrogens (tertiary/aromatic N) is 3. The van der Waals surface area contributed by atoms with E-state index in [9.17, 15) is 18.0 Å². The molecular weight excluding hydrogens is 536 g/mol. The van der Waals surface area contributed by atoms with Crippen LogP contribution in [0.3, 0.4) is 0 Å². The van der Waals surface area contributed by atoms with E-state index in [1.54, 1.807) is 42.5 Å². The topological polar surface area (TPSA) is 129 Å². The van der Waals surface area contributed by atoms with Crippen LogP contribution in [0.1, 0.15) is 38.9 Å². The molecule has 1 amide bonds. The van der Waals surface area contributed by atoms with Gasteiger partial charge in [0.15, 0.2) is 6.61 Å². The summed E-state index contributed by atoms with van der Waals surface area (Å²) in [6.45, 7) is 6.03. The Morgan fingerprint density at radius 1 is 1.10 bits per heavy atom. The Kier molecular flexibility index (Phi) is 10.1. The lowest BCUT2D eigenvalue weighted by Crippen LogP contribution is -2.40. The van der Waals surface area contributed by atoms with E-state index >= 15 is 0 Å². The van der Waals surface area contributed by atoms with Gasteiger partial charge >= 0.3 is 5.97 Å². The minimum Gasteiger partial charge on any atom is -0.492 e. The first kappa shape index (κ1) is 29.5. The van der Waals surface area contributed by atoms with Crippen molar-refractivity contribution in [1.82, 2.24) is 13.9 Å². The second kappa shape index (κ2) is 13.7. The normalized spacial score (nSPS) is 14.2. The van der Waals surface area contributed by atoms with Gasteiger partial charge < -0.3 is 24.1 Å². The highest BCUT2D eigenvalue weighted by molar-refractivity contribution is 7.89.